The topological polar surface area (TPSA) is 71.5 Å². The van der Waals surface area contributed by atoms with Crippen molar-refractivity contribution in [1.82, 2.24) is 9.88 Å². The quantitative estimate of drug-likeness (QED) is 0.885. The Bertz CT molecular complexity index is 851. The van der Waals surface area contributed by atoms with Crippen LogP contribution in [0.15, 0.2) is 41.4 Å². The number of methoxy groups -OCH3 is 1. The summed E-state index contributed by atoms with van der Waals surface area (Å²) in [6.45, 7) is 0. The van der Waals surface area contributed by atoms with Gasteiger partial charge in [0.05, 0.1) is 12.0 Å². The van der Waals surface area contributed by atoms with Crippen molar-refractivity contribution in [2.75, 3.05) is 25.9 Å². The van der Waals surface area contributed by atoms with Crippen LogP contribution in [0.2, 0.25) is 0 Å². The molecule has 1 aliphatic carbocycles. The van der Waals surface area contributed by atoms with Crippen LogP contribution in [0.3, 0.4) is 0 Å². The Labute approximate surface area is 148 Å². The number of sulfonamides is 1. The molecule has 0 amide bonds. The van der Waals surface area contributed by atoms with Crippen molar-refractivity contribution in [3.05, 3.63) is 47.7 Å². The molecule has 1 N–H and O–H groups in total. The predicted molar refractivity (Wildman–Crippen MR) is 97.5 cm³/mol. The first-order valence-electron chi connectivity index (χ1n) is 8.21. The number of ether oxygens (including phenoxy) is 1. The third-order valence-electron chi connectivity index (χ3n) is 4.66. The van der Waals surface area contributed by atoms with Crippen LogP contribution < -0.4 is 9.46 Å². The first kappa shape index (κ1) is 17.7. The summed E-state index contributed by atoms with van der Waals surface area (Å²) in [4.78, 5) is 6.54. The van der Waals surface area contributed by atoms with Crippen LogP contribution in [0.1, 0.15) is 17.5 Å². The second-order valence-corrected chi connectivity index (χ2v) is 8.05. The summed E-state index contributed by atoms with van der Waals surface area (Å²) in [6, 6.07) is 8.87. The van der Waals surface area contributed by atoms with Gasteiger partial charge in [0.15, 0.2) is 0 Å². The normalized spacial score (nSPS) is 17.2. The van der Waals surface area contributed by atoms with Crippen LogP contribution in [0, 0.1) is 0 Å². The van der Waals surface area contributed by atoms with Crippen LogP contribution >= 0.6 is 0 Å². The molecule has 0 saturated carbocycles. The Morgan fingerprint density at radius 3 is 2.64 bits per heavy atom. The minimum absolute atomic E-state index is 0.311. The third kappa shape index (κ3) is 3.62. The Hall–Kier alpha value is -2.12. The number of nitrogens with one attached hydrogen (secondary N) is 1. The molecule has 1 heterocycles. The Morgan fingerprint density at radius 2 is 2.00 bits per heavy atom. The number of benzene rings is 1. The summed E-state index contributed by atoms with van der Waals surface area (Å²) in [5.74, 6) is 1.06. The molecule has 0 unspecified atom stereocenters. The van der Waals surface area contributed by atoms with Gasteiger partial charge in [-0.25, -0.2) is 13.4 Å². The fourth-order valence-corrected chi connectivity index (χ4v) is 4.60. The standard InChI is InChI=1S/C18H23N3O3S/c1-21(2)13-7-8-14-15(12-13)16(24-3)9-10-17(14)25(22,23)20-18-6-4-5-11-19-18/h4-6,9-11,13H,7-8,12H2,1-3H3,(H,19,20)/t13-/m0/s1. The van der Waals surface area contributed by atoms with Crippen molar-refractivity contribution in [3.8, 4) is 5.75 Å². The van der Waals surface area contributed by atoms with Gasteiger partial charge in [0, 0.05) is 17.8 Å². The smallest absolute Gasteiger partial charge is 0.263 e. The van der Waals surface area contributed by atoms with Crippen LogP contribution in [0.5, 0.6) is 5.75 Å². The number of rotatable bonds is 5. The van der Waals surface area contributed by atoms with E-state index in [0.29, 0.717) is 23.2 Å². The largest absolute Gasteiger partial charge is 0.496 e. The van der Waals surface area contributed by atoms with Crippen molar-refractivity contribution >= 4 is 15.8 Å². The molecule has 0 fully saturated rings. The monoisotopic (exact) mass is 361 g/mol. The molecule has 0 spiro atoms. The molecule has 0 aliphatic heterocycles. The second kappa shape index (κ2) is 7.01. The number of fused-ring (bicyclic) bond motifs is 1. The maximum Gasteiger partial charge on any atom is 0.263 e. The van der Waals surface area contributed by atoms with Crippen LogP contribution in [0.4, 0.5) is 5.82 Å². The maximum atomic E-state index is 12.9. The van der Waals surface area contributed by atoms with Crippen molar-refractivity contribution in [1.29, 1.82) is 0 Å². The number of hydrogen-bond acceptors (Lipinski definition) is 5. The summed E-state index contributed by atoms with van der Waals surface area (Å²) in [6.07, 6.45) is 3.95. The van der Waals surface area contributed by atoms with Gasteiger partial charge < -0.3 is 9.64 Å². The fourth-order valence-electron chi connectivity index (χ4n) is 3.30. The molecule has 25 heavy (non-hydrogen) atoms. The van der Waals surface area contributed by atoms with Gasteiger partial charge in [-0.15, -0.1) is 0 Å². The van der Waals surface area contributed by atoms with Crippen LogP contribution in [0.25, 0.3) is 0 Å². The van der Waals surface area contributed by atoms with E-state index in [1.807, 2.05) is 14.1 Å². The molecular formula is C18H23N3O3S. The van der Waals surface area contributed by atoms with Gasteiger partial charge in [-0.3, -0.25) is 4.72 Å². The van der Waals surface area contributed by atoms with E-state index in [2.05, 4.69) is 14.6 Å². The molecule has 2 aromatic rings. The molecule has 0 saturated heterocycles. The molecule has 1 aromatic carbocycles. The van der Waals surface area contributed by atoms with Crippen LogP contribution in [-0.4, -0.2) is 45.5 Å². The molecule has 7 heteroatoms. The van der Waals surface area contributed by atoms with Gasteiger partial charge in [0.2, 0.25) is 0 Å². The van der Waals surface area contributed by atoms with E-state index in [4.69, 9.17) is 4.74 Å². The highest BCUT2D eigenvalue weighted by molar-refractivity contribution is 7.92. The SMILES string of the molecule is COc1ccc(S(=O)(=O)Nc2ccccn2)c2c1C[C@@H](N(C)C)CC2. The van der Waals surface area contributed by atoms with E-state index in [9.17, 15) is 8.42 Å². The summed E-state index contributed by atoms with van der Waals surface area (Å²) in [7, 11) is 2.02. The molecular weight excluding hydrogens is 338 g/mol. The minimum Gasteiger partial charge on any atom is -0.496 e. The number of aromatic nitrogens is 1. The van der Waals surface area contributed by atoms with Gasteiger partial charge in [0.25, 0.3) is 10.0 Å². The van der Waals surface area contributed by atoms with Gasteiger partial charge >= 0.3 is 0 Å². The maximum absolute atomic E-state index is 12.9. The van der Waals surface area contributed by atoms with Crippen molar-refractivity contribution in [3.63, 3.8) is 0 Å². The highest BCUT2D eigenvalue weighted by Crippen LogP contribution is 2.35. The molecule has 1 atom stereocenters. The molecule has 1 aliphatic rings. The lowest BCUT2D eigenvalue weighted by molar-refractivity contribution is 0.263. The van der Waals surface area contributed by atoms with Gasteiger partial charge in [-0.1, -0.05) is 6.07 Å². The zero-order chi connectivity index (χ0) is 18.0. The zero-order valence-electron chi connectivity index (χ0n) is 14.7. The highest BCUT2D eigenvalue weighted by atomic mass is 32.2. The Morgan fingerprint density at radius 1 is 1.20 bits per heavy atom. The fraction of sp³-hybridized carbons (Fsp3) is 0.389. The highest BCUT2D eigenvalue weighted by Gasteiger charge is 2.29. The molecule has 6 nitrogen and oxygen atoms in total. The first-order chi connectivity index (χ1) is 11.9. The lowest BCUT2D eigenvalue weighted by Crippen LogP contribution is -2.34. The van der Waals surface area contributed by atoms with Crippen molar-refractivity contribution < 1.29 is 13.2 Å². The van der Waals surface area contributed by atoms with E-state index in [0.717, 1.165) is 29.7 Å². The second-order valence-electron chi connectivity index (χ2n) is 6.40. The van der Waals surface area contributed by atoms with E-state index < -0.39 is 10.0 Å². The lowest BCUT2D eigenvalue weighted by atomic mass is 9.87. The Kier molecular flexibility index (Phi) is 4.96. The third-order valence-corrected chi connectivity index (χ3v) is 6.10. The van der Waals surface area contributed by atoms with E-state index in [1.165, 1.54) is 0 Å². The summed E-state index contributed by atoms with van der Waals surface area (Å²) in [5.41, 5.74) is 1.83. The number of likely N-dealkylation sites (N-methyl/N-ethyl adjacent to an activating group) is 1. The average Bonchev–Trinajstić information content (AvgIpc) is 2.60. The van der Waals surface area contributed by atoms with Gasteiger partial charge in [-0.05, 0) is 63.2 Å². The molecule has 0 radical (unpaired) electrons. The predicted octanol–water partition coefficient (Wildman–Crippen LogP) is 2.31. The Balaban J connectivity index is 2.02. The lowest BCUT2D eigenvalue weighted by Gasteiger charge is -2.31. The van der Waals surface area contributed by atoms with E-state index in [-0.39, 0.29) is 0 Å². The van der Waals surface area contributed by atoms with Crippen LogP contribution in [-0.2, 0) is 22.9 Å². The van der Waals surface area contributed by atoms with Gasteiger partial charge in [0.1, 0.15) is 11.6 Å². The number of nitrogens with zero attached hydrogens (tertiary/aromatic N) is 2. The summed E-state index contributed by atoms with van der Waals surface area (Å²) >= 11 is 0. The molecule has 134 valence electrons. The number of pyridine rings is 1. The molecule has 0 bridgehead atoms. The number of hydrogen-bond donors (Lipinski definition) is 1. The first-order valence-corrected chi connectivity index (χ1v) is 9.69. The average molecular weight is 361 g/mol. The van der Waals surface area contributed by atoms with E-state index in [1.54, 1.807) is 43.6 Å². The van der Waals surface area contributed by atoms with E-state index >= 15 is 0 Å². The van der Waals surface area contributed by atoms with Crippen molar-refractivity contribution in [2.24, 2.45) is 0 Å². The minimum atomic E-state index is -3.70. The molecule has 1 aromatic heterocycles. The van der Waals surface area contributed by atoms with Gasteiger partial charge in [-0.2, -0.15) is 0 Å². The summed E-state index contributed by atoms with van der Waals surface area (Å²) in [5, 5.41) is 0. The zero-order valence-corrected chi connectivity index (χ0v) is 15.5. The summed E-state index contributed by atoms with van der Waals surface area (Å²) < 4.78 is 33.8. The molecule has 3 rings (SSSR count). The number of anilines is 1. The van der Waals surface area contributed by atoms with Crippen molar-refractivity contribution in [2.45, 2.75) is 30.2 Å².